The number of rotatable bonds is 9. The Hall–Kier alpha value is -3.94. The molecule has 0 unspecified atom stereocenters. The SMILES string of the molecule is COC(=O)CCc1cnc([C@@H]2C[C@H](N3CCC(F)(F)CC3)CN2C(=O)Cc2cc(Cl)c(NC(=O)c3cn(C)c4ccccc34)cc2F)s1. The predicted molar refractivity (Wildman–Crippen MR) is 177 cm³/mol. The van der Waals surface area contributed by atoms with Crippen molar-refractivity contribution in [3.63, 3.8) is 0 Å². The number of carbonyl (C=O) groups is 3. The van der Waals surface area contributed by atoms with Crippen LogP contribution in [0.4, 0.5) is 18.9 Å². The van der Waals surface area contributed by atoms with Crippen LogP contribution in [0.2, 0.25) is 5.02 Å². The van der Waals surface area contributed by atoms with Crippen molar-refractivity contribution in [1.29, 1.82) is 0 Å². The number of anilines is 1. The third-order valence-electron chi connectivity index (χ3n) is 9.17. The van der Waals surface area contributed by atoms with Crippen molar-refractivity contribution in [1.82, 2.24) is 19.4 Å². The Bertz CT molecular complexity index is 1850. The molecule has 2 amide bonds. The second-order valence-electron chi connectivity index (χ2n) is 12.3. The highest BCUT2D eigenvalue weighted by Gasteiger charge is 2.43. The first-order chi connectivity index (χ1) is 22.9. The quantitative estimate of drug-likeness (QED) is 0.203. The van der Waals surface area contributed by atoms with Gasteiger partial charge in [-0.25, -0.2) is 18.2 Å². The number of esters is 1. The lowest BCUT2D eigenvalue weighted by Crippen LogP contribution is -2.46. The monoisotopic (exact) mass is 701 g/mol. The lowest BCUT2D eigenvalue weighted by Gasteiger charge is -2.35. The van der Waals surface area contributed by atoms with E-state index in [2.05, 4.69) is 10.3 Å². The molecule has 2 aliphatic heterocycles. The highest BCUT2D eigenvalue weighted by atomic mass is 35.5. The van der Waals surface area contributed by atoms with Gasteiger partial charge in [0, 0.05) is 73.7 Å². The molecular weight excluding hydrogens is 667 g/mol. The summed E-state index contributed by atoms with van der Waals surface area (Å²) >= 11 is 7.90. The Morgan fingerprint density at radius 2 is 1.92 bits per heavy atom. The molecule has 6 rings (SSSR count). The number of thiazole rings is 1. The first kappa shape index (κ1) is 33.9. The van der Waals surface area contributed by atoms with Crippen molar-refractivity contribution in [2.75, 3.05) is 32.1 Å². The number of piperidine rings is 1. The largest absolute Gasteiger partial charge is 0.469 e. The lowest BCUT2D eigenvalue weighted by molar-refractivity contribution is -0.140. The van der Waals surface area contributed by atoms with Crippen LogP contribution in [0.1, 0.15) is 57.5 Å². The number of nitrogens with zero attached hydrogens (tertiary/aromatic N) is 4. The number of aromatic nitrogens is 2. The van der Waals surface area contributed by atoms with Crippen molar-refractivity contribution in [2.45, 2.75) is 56.5 Å². The zero-order chi connectivity index (χ0) is 34.2. The summed E-state index contributed by atoms with van der Waals surface area (Å²) in [4.78, 5) is 47.7. The molecule has 2 aromatic carbocycles. The van der Waals surface area contributed by atoms with Gasteiger partial charge < -0.3 is 19.5 Å². The van der Waals surface area contributed by atoms with Crippen LogP contribution < -0.4 is 5.32 Å². The van der Waals surface area contributed by atoms with Gasteiger partial charge in [-0.05, 0) is 36.6 Å². The highest BCUT2D eigenvalue weighted by Crippen LogP contribution is 2.39. The average Bonchev–Trinajstić information content (AvgIpc) is 3.80. The molecule has 2 aliphatic rings. The third-order valence-corrected chi connectivity index (χ3v) is 10.6. The molecule has 4 aromatic rings. The topological polar surface area (TPSA) is 96.8 Å². The van der Waals surface area contributed by atoms with Crippen LogP contribution in [0.15, 0.2) is 48.8 Å². The second kappa shape index (κ2) is 13.9. The number of amides is 2. The number of methoxy groups -OCH3 is 1. The van der Waals surface area contributed by atoms with Crippen LogP contribution in [0, 0.1) is 5.82 Å². The van der Waals surface area contributed by atoms with Gasteiger partial charge in [0.2, 0.25) is 5.91 Å². The van der Waals surface area contributed by atoms with Crippen molar-refractivity contribution in [3.8, 4) is 0 Å². The summed E-state index contributed by atoms with van der Waals surface area (Å²) < 4.78 is 49.9. The van der Waals surface area contributed by atoms with Crippen LogP contribution in [0.5, 0.6) is 0 Å². The zero-order valence-corrected chi connectivity index (χ0v) is 28.1. The number of ether oxygens (including phenoxy) is 1. The van der Waals surface area contributed by atoms with Gasteiger partial charge in [0.15, 0.2) is 0 Å². The molecule has 2 atom stereocenters. The standard InChI is InChI=1S/C34H35ClF3N5O4S/c1-41-19-24(23-5-3-4-6-28(23)41)32(46)40-27-16-26(36)20(13-25(27)35)14-30(44)43-18-21(42-11-9-34(37,38)10-12-42)15-29(43)33-39-17-22(48-33)7-8-31(45)47-2/h3-6,13,16-17,19,21,29H,7-12,14-15,18H2,1-2H3,(H,40,46)/t21-,29-/m0/s1. The van der Waals surface area contributed by atoms with Gasteiger partial charge in [-0.15, -0.1) is 11.3 Å². The number of hydrogen-bond acceptors (Lipinski definition) is 7. The van der Waals surface area contributed by atoms with E-state index >= 15 is 4.39 Å². The van der Waals surface area contributed by atoms with Gasteiger partial charge in [-0.3, -0.25) is 19.3 Å². The number of hydrogen-bond donors (Lipinski definition) is 1. The molecule has 48 heavy (non-hydrogen) atoms. The molecule has 254 valence electrons. The zero-order valence-electron chi connectivity index (χ0n) is 26.5. The van der Waals surface area contributed by atoms with E-state index in [-0.39, 0.29) is 79.5 Å². The van der Waals surface area contributed by atoms with Crippen LogP contribution in [0.3, 0.4) is 0 Å². The molecule has 0 saturated carbocycles. The minimum absolute atomic E-state index is 0.0610. The Balaban J connectivity index is 1.19. The maximum atomic E-state index is 15.5. The number of aryl methyl sites for hydroxylation is 2. The number of likely N-dealkylation sites (tertiary alicyclic amines) is 2. The van der Waals surface area contributed by atoms with E-state index in [1.165, 1.54) is 24.5 Å². The minimum Gasteiger partial charge on any atom is -0.469 e. The summed E-state index contributed by atoms with van der Waals surface area (Å²) in [6, 6.07) is 9.26. The Labute approximate surface area is 284 Å². The van der Waals surface area contributed by atoms with E-state index in [1.54, 1.807) is 17.3 Å². The highest BCUT2D eigenvalue weighted by molar-refractivity contribution is 7.11. The van der Waals surface area contributed by atoms with Crippen molar-refractivity contribution >= 4 is 57.3 Å². The molecule has 2 aromatic heterocycles. The smallest absolute Gasteiger partial charge is 0.305 e. The molecule has 2 fully saturated rings. The molecular formula is C34H35ClF3N5O4S. The van der Waals surface area contributed by atoms with E-state index in [9.17, 15) is 23.2 Å². The summed E-state index contributed by atoms with van der Waals surface area (Å²) in [5.41, 5.74) is 1.41. The fourth-order valence-corrected chi connectivity index (χ4v) is 7.80. The average molecular weight is 702 g/mol. The molecule has 2 saturated heterocycles. The van der Waals surface area contributed by atoms with Gasteiger partial charge in [-0.2, -0.15) is 0 Å². The first-order valence-electron chi connectivity index (χ1n) is 15.7. The van der Waals surface area contributed by atoms with Gasteiger partial charge in [0.05, 0.1) is 42.3 Å². The number of carbonyl (C=O) groups excluding carboxylic acids is 3. The van der Waals surface area contributed by atoms with Crippen LogP contribution in [0.25, 0.3) is 10.9 Å². The van der Waals surface area contributed by atoms with Crippen molar-refractivity contribution in [2.24, 2.45) is 7.05 Å². The summed E-state index contributed by atoms with van der Waals surface area (Å²) in [5, 5.41) is 4.18. The summed E-state index contributed by atoms with van der Waals surface area (Å²) in [6.45, 7) is 0.705. The van der Waals surface area contributed by atoms with E-state index in [0.29, 0.717) is 23.4 Å². The fourth-order valence-electron chi connectivity index (χ4n) is 6.52. The summed E-state index contributed by atoms with van der Waals surface area (Å²) in [5.74, 6) is -4.56. The molecule has 0 spiro atoms. The maximum absolute atomic E-state index is 15.5. The fraction of sp³-hybridized carbons (Fsp3) is 0.412. The normalized spacial score (nSPS) is 19.5. The number of alkyl halides is 2. The van der Waals surface area contributed by atoms with Crippen LogP contribution >= 0.6 is 22.9 Å². The van der Waals surface area contributed by atoms with Gasteiger partial charge >= 0.3 is 5.97 Å². The number of benzene rings is 2. The summed E-state index contributed by atoms with van der Waals surface area (Å²) in [7, 11) is 3.15. The van der Waals surface area contributed by atoms with E-state index in [1.807, 2.05) is 40.8 Å². The van der Waals surface area contributed by atoms with Crippen LogP contribution in [-0.4, -0.2) is 75.8 Å². The van der Waals surface area contributed by atoms with Crippen LogP contribution in [-0.2, 0) is 34.2 Å². The predicted octanol–water partition coefficient (Wildman–Crippen LogP) is 6.40. The van der Waals surface area contributed by atoms with Gasteiger partial charge in [0.1, 0.15) is 10.8 Å². The van der Waals surface area contributed by atoms with E-state index in [0.717, 1.165) is 21.8 Å². The number of halogens is 4. The van der Waals surface area contributed by atoms with E-state index < -0.39 is 23.7 Å². The number of fused-ring (bicyclic) bond motifs is 1. The first-order valence-corrected chi connectivity index (χ1v) is 16.9. The summed E-state index contributed by atoms with van der Waals surface area (Å²) in [6.07, 6.45) is 3.68. The lowest BCUT2D eigenvalue weighted by atomic mass is 10.0. The van der Waals surface area contributed by atoms with Crippen molar-refractivity contribution in [3.05, 3.63) is 80.6 Å². The Kier molecular flexibility index (Phi) is 9.82. The van der Waals surface area contributed by atoms with E-state index in [4.69, 9.17) is 16.3 Å². The third kappa shape index (κ3) is 7.23. The molecule has 4 heterocycles. The molecule has 0 bridgehead atoms. The Morgan fingerprint density at radius 3 is 2.67 bits per heavy atom. The molecule has 0 aliphatic carbocycles. The van der Waals surface area contributed by atoms with Gasteiger partial charge in [-0.1, -0.05) is 29.8 Å². The minimum atomic E-state index is -2.70. The molecule has 1 N–H and O–H groups in total. The number of para-hydroxylation sites is 1. The Morgan fingerprint density at radius 1 is 1.17 bits per heavy atom. The van der Waals surface area contributed by atoms with Gasteiger partial charge in [0.25, 0.3) is 11.8 Å². The van der Waals surface area contributed by atoms with Crippen molar-refractivity contribution < 1.29 is 32.3 Å². The molecule has 0 radical (unpaired) electrons. The number of nitrogens with one attached hydrogen (secondary N) is 1. The molecule has 9 nitrogen and oxygen atoms in total. The maximum Gasteiger partial charge on any atom is 0.305 e. The molecule has 14 heteroatoms. The second-order valence-corrected chi connectivity index (χ2v) is 13.9.